The molecule has 2 fully saturated rings. The van der Waals surface area contributed by atoms with Crippen LogP contribution in [0.4, 0.5) is 10.5 Å². The van der Waals surface area contributed by atoms with Gasteiger partial charge in [0.05, 0.1) is 0 Å². The van der Waals surface area contributed by atoms with E-state index in [0.717, 1.165) is 37.2 Å². The standard InChI is InChI=1S/C17H23N3O4/c21-13-24-11-14-2-1-3-15(10-14)19-7-4-17(5-8-19)12-20(16(22)23)9-6-18-17/h1-3,10,13,18H,4-9,11-12H2,(H,22,23). The number of amides is 1. The molecule has 0 unspecified atom stereocenters. The number of nitrogens with zero attached hydrogens (tertiary/aromatic N) is 2. The minimum absolute atomic E-state index is 0.106. The molecule has 0 aliphatic carbocycles. The summed E-state index contributed by atoms with van der Waals surface area (Å²) in [5, 5.41) is 12.8. The van der Waals surface area contributed by atoms with Gasteiger partial charge >= 0.3 is 6.09 Å². The average molecular weight is 333 g/mol. The molecule has 1 aromatic rings. The van der Waals surface area contributed by atoms with Crippen molar-refractivity contribution in [2.45, 2.75) is 25.0 Å². The quantitative estimate of drug-likeness (QED) is 0.808. The Morgan fingerprint density at radius 3 is 2.83 bits per heavy atom. The van der Waals surface area contributed by atoms with Crippen LogP contribution in [-0.2, 0) is 16.1 Å². The van der Waals surface area contributed by atoms with E-state index in [2.05, 4.69) is 16.3 Å². The number of carbonyl (C=O) groups excluding carboxylic acids is 1. The first kappa shape index (κ1) is 16.6. The highest BCUT2D eigenvalue weighted by Crippen LogP contribution is 2.29. The second kappa shape index (κ2) is 7.09. The molecular weight excluding hydrogens is 310 g/mol. The van der Waals surface area contributed by atoms with Crippen LogP contribution in [0, 0.1) is 0 Å². The Morgan fingerprint density at radius 2 is 2.12 bits per heavy atom. The van der Waals surface area contributed by atoms with Gasteiger partial charge in [0.1, 0.15) is 6.61 Å². The number of benzene rings is 1. The maximum Gasteiger partial charge on any atom is 0.407 e. The molecule has 0 saturated carbocycles. The van der Waals surface area contributed by atoms with Gasteiger partial charge in [0, 0.05) is 44.0 Å². The Balaban J connectivity index is 1.62. The number of hydrogen-bond acceptors (Lipinski definition) is 5. The minimum atomic E-state index is -0.832. The van der Waals surface area contributed by atoms with Gasteiger partial charge in [-0.05, 0) is 30.5 Å². The lowest BCUT2D eigenvalue weighted by atomic mass is 9.85. The number of carboxylic acid groups (broad SMARTS) is 1. The summed E-state index contributed by atoms with van der Waals surface area (Å²) >= 11 is 0. The van der Waals surface area contributed by atoms with E-state index in [-0.39, 0.29) is 12.1 Å². The van der Waals surface area contributed by atoms with Gasteiger partial charge in [-0.1, -0.05) is 12.1 Å². The van der Waals surface area contributed by atoms with Gasteiger partial charge in [-0.15, -0.1) is 0 Å². The first-order chi connectivity index (χ1) is 11.6. The van der Waals surface area contributed by atoms with Crippen molar-refractivity contribution in [3.8, 4) is 0 Å². The van der Waals surface area contributed by atoms with E-state index in [4.69, 9.17) is 4.74 Å². The van der Waals surface area contributed by atoms with Crippen LogP contribution in [0.1, 0.15) is 18.4 Å². The van der Waals surface area contributed by atoms with Crippen molar-refractivity contribution in [3.63, 3.8) is 0 Å². The molecule has 3 rings (SSSR count). The fourth-order valence-electron chi connectivity index (χ4n) is 3.62. The van der Waals surface area contributed by atoms with Crippen molar-refractivity contribution in [1.29, 1.82) is 0 Å². The van der Waals surface area contributed by atoms with Crippen LogP contribution in [0.15, 0.2) is 24.3 Å². The number of rotatable bonds is 4. The number of hydrogen-bond donors (Lipinski definition) is 2. The molecule has 2 heterocycles. The van der Waals surface area contributed by atoms with Gasteiger partial charge in [-0.25, -0.2) is 4.79 Å². The maximum absolute atomic E-state index is 11.2. The van der Waals surface area contributed by atoms with Crippen LogP contribution >= 0.6 is 0 Å². The summed E-state index contributed by atoms with van der Waals surface area (Å²) in [5.41, 5.74) is 1.97. The lowest BCUT2D eigenvalue weighted by molar-refractivity contribution is -0.129. The lowest BCUT2D eigenvalue weighted by Gasteiger charge is -2.48. The second-order valence-corrected chi connectivity index (χ2v) is 6.48. The Morgan fingerprint density at radius 1 is 1.33 bits per heavy atom. The SMILES string of the molecule is O=COCc1cccc(N2CCC3(CC2)CN(C(=O)O)CCN3)c1. The number of piperidine rings is 1. The zero-order valence-corrected chi connectivity index (χ0v) is 13.6. The zero-order valence-electron chi connectivity index (χ0n) is 13.6. The van der Waals surface area contributed by atoms with Gasteiger partial charge < -0.3 is 25.0 Å². The van der Waals surface area contributed by atoms with Gasteiger partial charge in [0.2, 0.25) is 0 Å². The molecule has 0 aromatic heterocycles. The summed E-state index contributed by atoms with van der Waals surface area (Å²) in [6.07, 6.45) is 0.985. The highest BCUT2D eigenvalue weighted by atomic mass is 16.5. The third kappa shape index (κ3) is 3.62. The molecule has 7 nitrogen and oxygen atoms in total. The molecule has 2 aliphatic rings. The van der Waals surface area contributed by atoms with Crippen LogP contribution in [-0.4, -0.2) is 60.8 Å². The van der Waals surface area contributed by atoms with Gasteiger partial charge in [0.15, 0.2) is 0 Å². The van der Waals surface area contributed by atoms with Crippen molar-refractivity contribution < 1.29 is 19.4 Å². The third-order valence-electron chi connectivity index (χ3n) is 4.96. The molecule has 130 valence electrons. The Labute approximate surface area is 141 Å². The fraction of sp³-hybridized carbons (Fsp3) is 0.529. The molecule has 2 saturated heterocycles. The summed E-state index contributed by atoms with van der Waals surface area (Å²) in [6.45, 7) is 4.31. The van der Waals surface area contributed by atoms with Gasteiger partial charge in [0.25, 0.3) is 6.47 Å². The van der Waals surface area contributed by atoms with Gasteiger partial charge in [-0.3, -0.25) is 4.79 Å². The number of piperazine rings is 1. The molecule has 1 spiro atoms. The highest BCUT2D eigenvalue weighted by Gasteiger charge is 2.39. The normalized spacial score (nSPS) is 20.0. The second-order valence-electron chi connectivity index (χ2n) is 6.48. The Hall–Kier alpha value is -2.28. The van der Waals surface area contributed by atoms with Crippen LogP contribution in [0.2, 0.25) is 0 Å². The maximum atomic E-state index is 11.2. The van der Waals surface area contributed by atoms with Crippen LogP contribution < -0.4 is 10.2 Å². The number of anilines is 1. The Bertz CT molecular complexity index is 599. The zero-order chi connectivity index (χ0) is 17.0. The van der Waals surface area contributed by atoms with E-state index < -0.39 is 6.09 Å². The molecule has 2 aliphatic heterocycles. The fourth-order valence-corrected chi connectivity index (χ4v) is 3.62. The van der Waals surface area contributed by atoms with E-state index in [1.807, 2.05) is 18.2 Å². The van der Waals surface area contributed by atoms with Crippen molar-refractivity contribution >= 4 is 18.3 Å². The monoisotopic (exact) mass is 333 g/mol. The van der Waals surface area contributed by atoms with E-state index in [9.17, 15) is 14.7 Å². The molecule has 0 bridgehead atoms. The van der Waals surface area contributed by atoms with Crippen LogP contribution in [0.3, 0.4) is 0 Å². The van der Waals surface area contributed by atoms with E-state index in [1.165, 1.54) is 4.90 Å². The topological polar surface area (TPSA) is 82.1 Å². The molecular formula is C17H23N3O4. The predicted molar refractivity (Wildman–Crippen MR) is 89.1 cm³/mol. The van der Waals surface area contributed by atoms with E-state index in [1.54, 1.807) is 0 Å². The molecule has 7 heteroatoms. The first-order valence-electron chi connectivity index (χ1n) is 8.24. The van der Waals surface area contributed by atoms with Crippen molar-refractivity contribution in [2.24, 2.45) is 0 Å². The summed E-state index contributed by atoms with van der Waals surface area (Å²) in [4.78, 5) is 25.4. The molecule has 24 heavy (non-hydrogen) atoms. The van der Waals surface area contributed by atoms with E-state index in [0.29, 0.717) is 26.1 Å². The molecule has 0 radical (unpaired) electrons. The predicted octanol–water partition coefficient (Wildman–Crippen LogP) is 1.28. The third-order valence-corrected chi connectivity index (χ3v) is 4.96. The molecule has 0 atom stereocenters. The molecule has 1 amide bonds. The average Bonchev–Trinajstić information content (AvgIpc) is 2.61. The lowest BCUT2D eigenvalue weighted by Crippen LogP contribution is -2.64. The Kier molecular flexibility index (Phi) is 4.89. The van der Waals surface area contributed by atoms with E-state index >= 15 is 0 Å². The summed E-state index contributed by atoms with van der Waals surface area (Å²) in [5.74, 6) is 0. The minimum Gasteiger partial charge on any atom is -0.465 e. The number of ether oxygens (including phenoxy) is 1. The molecule has 2 N–H and O–H groups in total. The van der Waals surface area contributed by atoms with Crippen molar-refractivity contribution in [1.82, 2.24) is 10.2 Å². The van der Waals surface area contributed by atoms with Crippen LogP contribution in [0.5, 0.6) is 0 Å². The van der Waals surface area contributed by atoms with Gasteiger partial charge in [-0.2, -0.15) is 0 Å². The smallest absolute Gasteiger partial charge is 0.407 e. The highest BCUT2D eigenvalue weighted by molar-refractivity contribution is 5.65. The van der Waals surface area contributed by atoms with Crippen molar-refractivity contribution in [2.75, 3.05) is 37.6 Å². The summed E-state index contributed by atoms with van der Waals surface area (Å²) < 4.78 is 4.82. The summed E-state index contributed by atoms with van der Waals surface area (Å²) in [7, 11) is 0. The summed E-state index contributed by atoms with van der Waals surface area (Å²) in [6, 6.07) is 8.00. The largest absolute Gasteiger partial charge is 0.465 e. The number of nitrogens with one attached hydrogen (secondary N) is 1. The first-order valence-corrected chi connectivity index (χ1v) is 8.24. The number of carbonyl (C=O) groups is 2. The molecule has 1 aromatic carbocycles. The van der Waals surface area contributed by atoms with Crippen LogP contribution in [0.25, 0.3) is 0 Å². The van der Waals surface area contributed by atoms with Crippen molar-refractivity contribution in [3.05, 3.63) is 29.8 Å².